The summed E-state index contributed by atoms with van der Waals surface area (Å²) in [5.74, 6) is 1.54. The van der Waals surface area contributed by atoms with Crippen LogP contribution in [0.4, 0.5) is 0 Å². The highest BCUT2D eigenvalue weighted by Crippen LogP contribution is 2.47. The van der Waals surface area contributed by atoms with Gasteiger partial charge in [0.2, 0.25) is 0 Å². The van der Waals surface area contributed by atoms with E-state index in [0.717, 1.165) is 31.2 Å². The summed E-state index contributed by atoms with van der Waals surface area (Å²) < 4.78 is 0. The van der Waals surface area contributed by atoms with Gasteiger partial charge in [0, 0.05) is 5.54 Å². The Labute approximate surface area is 96.7 Å². The van der Waals surface area contributed by atoms with E-state index in [1.165, 1.54) is 12.0 Å². The standard InChI is InChI=1S/C14H19NO/c16-10-14(6-7-14)15-9-12-8-13(12)11-4-2-1-3-5-11/h1-5,12-13,15-16H,6-10H2. The lowest BCUT2D eigenvalue weighted by molar-refractivity contribution is 0.229. The monoisotopic (exact) mass is 217 g/mol. The minimum atomic E-state index is 0.101. The first-order valence-electron chi connectivity index (χ1n) is 6.24. The Morgan fingerprint density at radius 1 is 1.25 bits per heavy atom. The predicted molar refractivity (Wildman–Crippen MR) is 64.3 cm³/mol. The molecule has 2 unspecified atom stereocenters. The molecule has 16 heavy (non-hydrogen) atoms. The molecule has 86 valence electrons. The van der Waals surface area contributed by atoms with Crippen LogP contribution < -0.4 is 5.32 Å². The average Bonchev–Trinajstić information content (AvgIpc) is 3.23. The molecule has 2 nitrogen and oxygen atoms in total. The summed E-state index contributed by atoms with van der Waals surface area (Å²) in [5.41, 5.74) is 1.58. The Bertz CT molecular complexity index is 358. The molecule has 2 heteroatoms. The van der Waals surface area contributed by atoms with Crippen molar-refractivity contribution in [2.24, 2.45) is 5.92 Å². The van der Waals surface area contributed by atoms with E-state index in [0.29, 0.717) is 6.61 Å². The first-order valence-corrected chi connectivity index (χ1v) is 6.24. The van der Waals surface area contributed by atoms with Gasteiger partial charge in [0.15, 0.2) is 0 Å². The van der Waals surface area contributed by atoms with Crippen LogP contribution in [0.1, 0.15) is 30.7 Å². The Hall–Kier alpha value is -0.860. The van der Waals surface area contributed by atoms with Gasteiger partial charge in [-0.1, -0.05) is 30.3 Å². The second-order valence-corrected chi connectivity index (χ2v) is 5.33. The van der Waals surface area contributed by atoms with Gasteiger partial charge in [-0.2, -0.15) is 0 Å². The Morgan fingerprint density at radius 3 is 2.62 bits per heavy atom. The van der Waals surface area contributed by atoms with Crippen LogP contribution >= 0.6 is 0 Å². The van der Waals surface area contributed by atoms with E-state index in [4.69, 9.17) is 0 Å². The molecule has 2 aliphatic carbocycles. The third kappa shape index (κ3) is 2.00. The summed E-state index contributed by atoms with van der Waals surface area (Å²) >= 11 is 0. The molecule has 0 spiro atoms. The summed E-state index contributed by atoms with van der Waals surface area (Å²) in [7, 11) is 0. The lowest BCUT2D eigenvalue weighted by Gasteiger charge is -2.13. The molecule has 0 aromatic heterocycles. The van der Waals surface area contributed by atoms with Gasteiger partial charge in [0.1, 0.15) is 0 Å². The van der Waals surface area contributed by atoms with Crippen molar-refractivity contribution in [2.75, 3.05) is 13.2 Å². The number of hydrogen-bond acceptors (Lipinski definition) is 2. The molecule has 2 N–H and O–H groups in total. The van der Waals surface area contributed by atoms with E-state index in [1.807, 2.05) is 0 Å². The van der Waals surface area contributed by atoms with Crippen LogP contribution in [0.3, 0.4) is 0 Å². The first kappa shape index (κ1) is 10.3. The fourth-order valence-corrected chi connectivity index (χ4v) is 2.47. The van der Waals surface area contributed by atoms with E-state index >= 15 is 0 Å². The van der Waals surface area contributed by atoms with Crippen LogP contribution in [-0.4, -0.2) is 23.8 Å². The zero-order valence-corrected chi connectivity index (χ0v) is 9.52. The SMILES string of the molecule is OCC1(NCC2CC2c2ccccc2)CC1. The zero-order chi connectivity index (χ0) is 11.0. The third-order valence-corrected chi connectivity index (χ3v) is 4.05. The number of rotatable bonds is 5. The van der Waals surface area contributed by atoms with E-state index in [9.17, 15) is 5.11 Å². The number of benzene rings is 1. The number of hydrogen-bond donors (Lipinski definition) is 2. The molecule has 1 aromatic rings. The molecular formula is C14H19NO. The quantitative estimate of drug-likeness (QED) is 0.789. The van der Waals surface area contributed by atoms with Gasteiger partial charge < -0.3 is 10.4 Å². The van der Waals surface area contributed by atoms with Crippen LogP contribution in [0.15, 0.2) is 30.3 Å². The normalized spacial score (nSPS) is 30.1. The van der Waals surface area contributed by atoms with Crippen molar-refractivity contribution in [1.82, 2.24) is 5.32 Å². The topological polar surface area (TPSA) is 32.3 Å². The summed E-state index contributed by atoms with van der Waals surface area (Å²) in [6.45, 7) is 1.37. The maximum absolute atomic E-state index is 9.21. The molecule has 0 heterocycles. The molecule has 0 bridgehead atoms. The van der Waals surface area contributed by atoms with E-state index in [2.05, 4.69) is 35.6 Å². The van der Waals surface area contributed by atoms with Crippen LogP contribution in [-0.2, 0) is 0 Å². The second kappa shape index (κ2) is 3.86. The van der Waals surface area contributed by atoms with Gasteiger partial charge >= 0.3 is 0 Å². The molecule has 0 amide bonds. The van der Waals surface area contributed by atoms with Gasteiger partial charge in [-0.25, -0.2) is 0 Å². The van der Waals surface area contributed by atoms with Gasteiger partial charge in [-0.05, 0) is 43.2 Å². The molecule has 0 aliphatic heterocycles. The molecule has 0 radical (unpaired) electrons. The lowest BCUT2D eigenvalue weighted by Crippen LogP contribution is -2.36. The fourth-order valence-electron chi connectivity index (χ4n) is 2.47. The number of nitrogens with one attached hydrogen (secondary N) is 1. The van der Waals surface area contributed by atoms with Crippen molar-refractivity contribution in [3.8, 4) is 0 Å². The van der Waals surface area contributed by atoms with Crippen LogP contribution in [0.25, 0.3) is 0 Å². The zero-order valence-electron chi connectivity index (χ0n) is 9.52. The smallest absolute Gasteiger partial charge is 0.0613 e. The van der Waals surface area contributed by atoms with Gasteiger partial charge in [-0.15, -0.1) is 0 Å². The van der Waals surface area contributed by atoms with Crippen LogP contribution in [0.2, 0.25) is 0 Å². The van der Waals surface area contributed by atoms with Crippen LogP contribution in [0, 0.1) is 5.92 Å². The highest BCUT2D eigenvalue weighted by Gasteiger charge is 2.45. The minimum Gasteiger partial charge on any atom is -0.394 e. The summed E-state index contributed by atoms with van der Waals surface area (Å²) in [4.78, 5) is 0. The second-order valence-electron chi connectivity index (χ2n) is 5.33. The van der Waals surface area contributed by atoms with Crippen molar-refractivity contribution >= 4 is 0 Å². The Balaban J connectivity index is 1.50. The van der Waals surface area contributed by atoms with E-state index in [-0.39, 0.29) is 5.54 Å². The number of aliphatic hydroxyl groups excluding tert-OH is 1. The maximum atomic E-state index is 9.21. The summed E-state index contributed by atoms with van der Waals surface area (Å²) in [5, 5.41) is 12.7. The van der Waals surface area contributed by atoms with Crippen molar-refractivity contribution in [3.63, 3.8) is 0 Å². The summed E-state index contributed by atoms with van der Waals surface area (Å²) in [6.07, 6.45) is 3.59. The largest absolute Gasteiger partial charge is 0.394 e. The number of aliphatic hydroxyl groups is 1. The first-order chi connectivity index (χ1) is 7.83. The molecule has 2 saturated carbocycles. The minimum absolute atomic E-state index is 0.101. The predicted octanol–water partition coefficient (Wildman–Crippen LogP) is 1.90. The van der Waals surface area contributed by atoms with E-state index in [1.54, 1.807) is 0 Å². The fraction of sp³-hybridized carbons (Fsp3) is 0.571. The maximum Gasteiger partial charge on any atom is 0.0613 e. The lowest BCUT2D eigenvalue weighted by atomic mass is 10.1. The van der Waals surface area contributed by atoms with Crippen molar-refractivity contribution < 1.29 is 5.11 Å². The highest BCUT2D eigenvalue weighted by atomic mass is 16.3. The third-order valence-electron chi connectivity index (χ3n) is 4.05. The molecule has 2 atom stereocenters. The van der Waals surface area contributed by atoms with Gasteiger partial charge in [0.25, 0.3) is 0 Å². The molecule has 0 saturated heterocycles. The Morgan fingerprint density at radius 2 is 2.00 bits per heavy atom. The molecule has 1 aromatic carbocycles. The van der Waals surface area contributed by atoms with Gasteiger partial charge in [-0.3, -0.25) is 0 Å². The van der Waals surface area contributed by atoms with Crippen LogP contribution in [0.5, 0.6) is 0 Å². The van der Waals surface area contributed by atoms with Crippen molar-refractivity contribution in [1.29, 1.82) is 0 Å². The molecule has 2 aliphatic rings. The van der Waals surface area contributed by atoms with E-state index < -0.39 is 0 Å². The van der Waals surface area contributed by atoms with Crippen molar-refractivity contribution in [2.45, 2.75) is 30.7 Å². The van der Waals surface area contributed by atoms with Crippen molar-refractivity contribution in [3.05, 3.63) is 35.9 Å². The average molecular weight is 217 g/mol. The molecular weight excluding hydrogens is 198 g/mol. The summed E-state index contributed by atoms with van der Waals surface area (Å²) in [6, 6.07) is 10.8. The Kier molecular flexibility index (Phi) is 2.49. The molecule has 2 fully saturated rings. The highest BCUT2D eigenvalue weighted by molar-refractivity contribution is 5.25. The molecule has 3 rings (SSSR count). The van der Waals surface area contributed by atoms with Gasteiger partial charge in [0.05, 0.1) is 6.61 Å².